The minimum atomic E-state index is -1.04. The number of nitrogens with one attached hydrogen (secondary N) is 1. The number of nitriles is 1. The summed E-state index contributed by atoms with van der Waals surface area (Å²) in [6.45, 7) is 0.284. The van der Waals surface area contributed by atoms with Gasteiger partial charge in [0.15, 0.2) is 6.10 Å². The van der Waals surface area contributed by atoms with Crippen molar-refractivity contribution in [3.63, 3.8) is 0 Å². The molecular formula is C14H14N2O4. The van der Waals surface area contributed by atoms with Crippen LogP contribution in [0.25, 0.3) is 0 Å². The third-order valence-corrected chi connectivity index (χ3v) is 3.11. The predicted molar refractivity (Wildman–Crippen MR) is 68.5 cm³/mol. The van der Waals surface area contributed by atoms with Crippen molar-refractivity contribution in [3.8, 4) is 6.07 Å². The lowest BCUT2D eigenvalue weighted by molar-refractivity contribution is -0.151. The molecule has 6 nitrogen and oxygen atoms in total. The Morgan fingerprint density at radius 3 is 2.80 bits per heavy atom. The van der Waals surface area contributed by atoms with Gasteiger partial charge in [-0.25, -0.2) is 4.79 Å². The maximum absolute atomic E-state index is 11.8. The number of carbonyl (C=O) groups excluding carboxylic acids is 1. The molecule has 1 fully saturated rings. The molecule has 0 spiro atoms. The van der Waals surface area contributed by atoms with Gasteiger partial charge in [-0.3, -0.25) is 4.79 Å². The van der Waals surface area contributed by atoms with E-state index in [0.717, 1.165) is 5.56 Å². The number of amides is 1. The zero-order chi connectivity index (χ0) is 14.5. The fourth-order valence-corrected chi connectivity index (χ4v) is 2.07. The van der Waals surface area contributed by atoms with Crippen molar-refractivity contribution in [2.45, 2.75) is 31.6 Å². The minimum absolute atomic E-state index is 0.284. The van der Waals surface area contributed by atoms with Gasteiger partial charge in [0.05, 0.1) is 11.6 Å². The van der Waals surface area contributed by atoms with Gasteiger partial charge in [-0.1, -0.05) is 12.1 Å². The number of hydrogen-bond acceptors (Lipinski definition) is 4. The van der Waals surface area contributed by atoms with Crippen LogP contribution in [0.2, 0.25) is 0 Å². The summed E-state index contributed by atoms with van der Waals surface area (Å²) in [7, 11) is 0. The van der Waals surface area contributed by atoms with Crippen molar-refractivity contribution < 1.29 is 19.4 Å². The zero-order valence-corrected chi connectivity index (χ0v) is 10.7. The van der Waals surface area contributed by atoms with E-state index >= 15 is 0 Å². The van der Waals surface area contributed by atoms with Gasteiger partial charge in [-0.15, -0.1) is 0 Å². The van der Waals surface area contributed by atoms with Gasteiger partial charge in [-0.05, 0) is 30.5 Å². The fraction of sp³-hybridized carbons (Fsp3) is 0.357. The number of carboxylic acids is 1. The Bertz CT molecular complexity index is 565. The van der Waals surface area contributed by atoms with E-state index in [0.29, 0.717) is 18.4 Å². The number of rotatable bonds is 4. The summed E-state index contributed by atoms with van der Waals surface area (Å²) in [6, 6.07) is 8.94. The number of ether oxygens (including phenoxy) is 1. The molecule has 0 radical (unpaired) electrons. The molecule has 1 amide bonds. The number of carboxylic acid groups (broad SMARTS) is 1. The molecule has 0 saturated carbocycles. The van der Waals surface area contributed by atoms with Crippen molar-refractivity contribution in [3.05, 3.63) is 35.4 Å². The molecule has 1 aromatic carbocycles. The SMILES string of the molecule is N#Cc1cccc(CNC(=O)[C@@H]2CC[C@H](C(=O)O)O2)c1. The molecule has 1 saturated heterocycles. The third kappa shape index (κ3) is 3.33. The largest absolute Gasteiger partial charge is 0.479 e. The van der Waals surface area contributed by atoms with Gasteiger partial charge < -0.3 is 15.2 Å². The summed E-state index contributed by atoms with van der Waals surface area (Å²) in [5, 5.41) is 20.3. The van der Waals surface area contributed by atoms with Crippen molar-refractivity contribution in [2.24, 2.45) is 0 Å². The topological polar surface area (TPSA) is 99.4 Å². The van der Waals surface area contributed by atoms with Crippen LogP contribution in [0.15, 0.2) is 24.3 Å². The molecule has 1 aliphatic rings. The molecule has 0 unspecified atom stereocenters. The summed E-state index contributed by atoms with van der Waals surface area (Å²) < 4.78 is 5.15. The smallest absolute Gasteiger partial charge is 0.332 e. The van der Waals surface area contributed by atoms with E-state index in [2.05, 4.69) is 5.32 Å². The number of carbonyl (C=O) groups is 2. The van der Waals surface area contributed by atoms with Gasteiger partial charge in [0, 0.05) is 6.54 Å². The second-order valence-electron chi connectivity index (χ2n) is 4.56. The maximum atomic E-state index is 11.8. The summed E-state index contributed by atoms with van der Waals surface area (Å²) in [5.41, 5.74) is 1.34. The van der Waals surface area contributed by atoms with Crippen LogP contribution in [0.5, 0.6) is 0 Å². The highest BCUT2D eigenvalue weighted by atomic mass is 16.5. The first-order valence-corrected chi connectivity index (χ1v) is 6.25. The number of nitrogens with zero attached hydrogens (tertiary/aromatic N) is 1. The van der Waals surface area contributed by atoms with Gasteiger partial charge >= 0.3 is 5.97 Å². The molecule has 0 aromatic heterocycles. The second kappa shape index (κ2) is 6.17. The van der Waals surface area contributed by atoms with Crippen LogP contribution in [-0.2, 0) is 20.9 Å². The quantitative estimate of drug-likeness (QED) is 0.846. The van der Waals surface area contributed by atoms with Crippen molar-refractivity contribution in [1.29, 1.82) is 5.26 Å². The van der Waals surface area contributed by atoms with Crippen LogP contribution in [0.1, 0.15) is 24.0 Å². The van der Waals surface area contributed by atoms with Crippen LogP contribution < -0.4 is 5.32 Å². The maximum Gasteiger partial charge on any atom is 0.332 e. The molecule has 104 valence electrons. The van der Waals surface area contributed by atoms with E-state index < -0.39 is 18.2 Å². The lowest BCUT2D eigenvalue weighted by atomic mass is 10.1. The molecule has 20 heavy (non-hydrogen) atoms. The molecule has 2 N–H and O–H groups in total. The van der Waals surface area contributed by atoms with Crippen molar-refractivity contribution in [2.75, 3.05) is 0 Å². The normalized spacial score (nSPS) is 21.1. The average Bonchev–Trinajstić information content (AvgIpc) is 2.95. The summed E-state index contributed by atoms with van der Waals surface area (Å²) in [5.74, 6) is -1.36. The van der Waals surface area contributed by atoms with Crippen LogP contribution in [0.3, 0.4) is 0 Å². The Labute approximate surface area is 116 Å². The predicted octanol–water partition coefficient (Wildman–Crippen LogP) is 0.807. The molecule has 1 heterocycles. The number of hydrogen-bond donors (Lipinski definition) is 2. The lowest BCUT2D eigenvalue weighted by Gasteiger charge is -2.11. The molecule has 1 aliphatic heterocycles. The highest BCUT2D eigenvalue weighted by Crippen LogP contribution is 2.20. The van der Waals surface area contributed by atoms with E-state index in [4.69, 9.17) is 15.1 Å². The van der Waals surface area contributed by atoms with Crippen LogP contribution in [0, 0.1) is 11.3 Å². The van der Waals surface area contributed by atoms with E-state index in [1.54, 1.807) is 24.3 Å². The Hall–Kier alpha value is -2.39. The third-order valence-electron chi connectivity index (χ3n) is 3.11. The van der Waals surface area contributed by atoms with Gasteiger partial charge in [-0.2, -0.15) is 5.26 Å². The van der Waals surface area contributed by atoms with Crippen LogP contribution in [0.4, 0.5) is 0 Å². The summed E-state index contributed by atoms with van der Waals surface area (Å²) >= 11 is 0. The number of benzene rings is 1. The van der Waals surface area contributed by atoms with Gasteiger partial charge in [0.1, 0.15) is 6.10 Å². The highest BCUT2D eigenvalue weighted by molar-refractivity contribution is 5.82. The number of aliphatic carboxylic acids is 1. The van der Waals surface area contributed by atoms with E-state index in [9.17, 15) is 9.59 Å². The Kier molecular flexibility index (Phi) is 4.33. The Morgan fingerprint density at radius 2 is 2.15 bits per heavy atom. The molecule has 2 atom stereocenters. The highest BCUT2D eigenvalue weighted by Gasteiger charge is 2.34. The molecule has 0 aliphatic carbocycles. The van der Waals surface area contributed by atoms with Crippen molar-refractivity contribution in [1.82, 2.24) is 5.32 Å². The van der Waals surface area contributed by atoms with Gasteiger partial charge in [0.25, 0.3) is 0 Å². The minimum Gasteiger partial charge on any atom is -0.479 e. The molecule has 0 bridgehead atoms. The van der Waals surface area contributed by atoms with E-state index in [1.807, 2.05) is 6.07 Å². The molecule has 2 rings (SSSR count). The van der Waals surface area contributed by atoms with Crippen LogP contribution in [-0.4, -0.2) is 29.2 Å². The Morgan fingerprint density at radius 1 is 1.40 bits per heavy atom. The first-order chi connectivity index (χ1) is 9.60. The van der Waals surface area contributed by atoms with E-state index in [1.165, 1.54) is 0 Å². The first kappa shape index (κ1) is 14.0. The molecule has 6 heteroatoms. The van der Waals surface area contributed by atoms with Gasteiger partial charge in [0.2, 0.25) is 5.91 Å². The average molecular weight is 274 g/mol. The summed E-state index contributed by atoms with van der Waals surface area (Å²) in [4.78, 5) is 22.6. The first-order valence-electron chi connectivity index (χ1n) is 6.25. The zero-order valence-electron chi connectivity index (χ0n) is 10.7. The Balaban J connectivity index is 1.87. The monoisotopic (exact) mass is 274 g/mol. The fourth-order valence-electron chi connectivity index (χ4n) is 2.07. The second-order valence-corrected chi connectivity index (χ2v) is 4.56. The van der Waals surface area contributed by atoms with Crippen molar-refractivity contribution >= 4 is 11.9 Å². The summed E-state index contributed by atoms with van der Waals surface area (Å²) in [6.07, 6.45) is -0.860. The molecular weight excluding hydrogens is 260 g/mol. The lowest BCUT2D eigenvalue weighted by Crippen LogP contribution is -2.35. The molecule has 1 aromatic rings. The van der Waals surface area contributed by atoms with E-state index in [-0.39, 0.29) is 12.5 Å². The standard InChI is InChI=1S/C14H14N2O4/c15-7-9-2-1-3-10(6-9)8-16-13(17)11-4-5-12(20-11)14(18)19/h1-3,6,11-12H,4-5,8H2,(H,16,17)(H,18,19)/t11-,12+/m0/s1. The van der Waals surface area contributed by atoms with Crippen LogP contribution >= 0.6 is 0 Å².